The Kier molecular flexibility index (Phi) is 9.33. The van der Waals surface area contributed by atoms with Gasteiger partial charge in [-0.05, 0) is 58.1 Å². The molecular formula is C33H48N2O+2. The molecule has 0 aliphatic rings. The molecule has 3 rings (SSSR count). The number of hydrogen-bond acceptors (Lipinski definition) is 1. The summed E-state index contributed by atoms with van der Waals surface area (Å²) in [6.45, 7) is 21.0. The van der Waals surface area contributed by atoms with Gasteiger partial charge in [-0.2, -0.15) is 0 Å². The second-order valence-corrected chi connectivity index (χ2v) is 12.7. The van der Waals surface area contributed by atoms with Crippen molar-refractivity contribution in [1.29, 1.82) is 0 Å². The molecule has 0 aliphatic carbocycles. The quantitative estimate of drug-likeness (QED) is 0.214. The van der Waals surface area contributed by atoms with E-state index in [1.807, 2.05) is 0 Å². The number of aromatic nitrogens is 2. The first-order valence-electron chi connectivity index (χ1n) is 13.7. The lowest BCUT2D eigenvalue weighted by Crippen LogP contribution is -2.35. The van der Waals surface area contributed by atoms with Crippen LogP contribution in [0.3, 0.4) is 0 Å². The number of ether oxygens (including phenoxy) is 1. The van der Waals surface area contributed by atoms with Crippen LogP contribution in [0, 0.1) is 5.92 Å². The highest BCUT2D eigenvalue weighted by Crippen LogP contribution is 2.33. The fourth-order valence-electron chi connectivity index (χ4n) is 4.30. The van der Waals surface area contributed by atoms with Gasteiger partial charge in [0.1, 0.15) is 12.3 Å². The molecular weight excluding hydrogens is 440 g/mol. The van der Waals surface area contributed by atoms with Crippen molar-refractivity contribution in [1.82, 2.24) is 0 Å². The summed E-state index contributed by atoms with van der Waals surface area (Å²) in [5.41, 5.74) is 5.45. The van der Waals surface area contributed by atoms with Gasteiger partial charge >= 0.3 is 0 Å². The van der Waals surface area contributed by atoms with Crippen LogP contribution in [0.5, 0.6) is 5.75 Å². The van der Waals surface area contributed by atoms with E-state index in [0.717, 1.165) is 44.7 Å². The summed E-state index contributed by atoms with van der Waals surface area (Å²) in [5.74, 6) is 1.66. The van der Waals surface area contributed by atoms with Crippen molar-refractivity contribution in [3.63, 3.8) is 0 Å². The SMILES string of the molecule is CC(C)C[n+]1ccc(-c2cc[n+](CCCCCOc3cc(C(C)(C)C)cc(C(C)(C)C)c3)cc2)cc1. The first kappa shape index (κ1) is 27.9. The Bertz CT molecular complexity index is 1050. The summed E-state index contributed by atoms with van der Waals surface area (Å²) in [4.78, 5) is 0. The van der Waals surface area contributed by atoms with Gasteiger partial charge in [-0.1, -0.05) is 61.5 Å². The minimum absolute atomic E-state index is 0.113. The summed E-state index contributed by atoms with van der Waals surface area (Å²) in [6, 6.07) is 15.7. The zero-order chi connectivity index (χ0) is 26.3. The molecule has 2 heterocycles. The van der Waals surface area contributed by atoms with Crippen molar-refractivity contribution in [2.45, 2.75) is 98.6 Å². The molecule has 36 heavy (non-hydrogen) atoms. The van der Waals surface area contributed by atoms with E-state index < -0.39 is 0 Å². The van der Waals surface area contributed by atoms with Gasteiger partial charge in [-0.15, -0.1) is 0 Å². The summed E-state index contributed by atoms with van der Waals surface area (Å²) in [5, 5.41) is 0. The van der Waals surface area contributed by atoms with Gasteiger partial charge in [0.15, 0.2) is 31.3 Å². The van der Waals surface area contributed by atoms with E-state index in [-0.39, 0.29) is 10.8 Å². The smallest absolute Gasteiger partial charge is 0.169 e. The van der Waals surface area contributed by atoms with Crippen LogP contribution in [0.1, 0.15) is 85.8 Å². The maximum absolute atomic E-state index is 6.22. The topological polar surface area (TPSA) is 17.0 Å². The predicted octanol–water partition coefficient (Wildman–Crippen LogP) is 7.43. The third-order valence-corrected chi connectivity index (χ3v) is 6.66. The van der Waals surface area contributed by atoms with Crippen molar-refractivity contribution in [2.24, 2.45) is 5.92 Å². The zero-order valence-electron chi connectivity index (χ0n) is 24.0. The Labute approximate surface area is 220 Å². The number of aryl methyl sites for hydroxylation is 1. The highest BCUT2D eigenvalue weighted by molar-refractivity contribution is 5.60. The van der Waals surface area contributed by atoms with Crippen LogP contribution in [-0.4, -0.2) is 6.61 Å². The Hall–Kier alpha value is -2.68. The van der Waals surface area contributed by atoms with Gasteiger partial charge in [0.05, 0.1) is 6.61 Å². The summed E-state index contributed by atoms with van der Waals surface area (Å²) < 4.78 is 10.8. The molecule has 2 aromatic heterocycles. The minimum Gasteiger partial charge on any atom is -0.494 e. The maximum atomic E-state index is 6.22. The molecule has 1 aromatic carbocycles. The lowest BCUT2D eigenvalue weighted by Gasteiger charge is -2.26. The second-order valence-electron chi connectivity index (χ2n) is 12.7. The number of nitrogens with zero attached hydrogens (tertiary/aromatic N) is 2. The van der Waals surface area contributed by atoms with E-state index in [9.17, 15) is 0 Å². The van der Waals surface area contributed by atoms with Crippen molar-refractivity contribution in [3.8, 4) is 16.9 Å². The van der Waals surface area contributed by atoms with Crippen LogP contribution in [0.15, 0.2) is 67.3 Å². The molecule has 3 heteroatoms. The van der Waals surface area contributed by atoms with Gasteiger partial charge < -0.3 is 4.74 Å². The van der Waals surface area contributed by atoms with Gasteiger partial charge in [0.2, 0.25) is 0 Å². The molecule has 0 atom stereocenters. The molecule has 0 bridgehead atoms. The molecule has 0 fully saturated rings. The lowest BCUT2D eigenvalue weighted by molar-refractivity contribution is -0.702. The molecule has 194 valence electrons. The summed E-state index contributed by atoms with van der Waals surface area (Å²) >= 11 is 0. The van der Waals surface area contributed by atoms with Crippen LogP contribution in [0.2, 0.25) is 0 Å². The van der Waals surface area contributed by atoms with Gasteiger partial charge in [0.25, 0.3) is 0 Å². The number of pyridine rings is 2. The van der Waals surface area contributed by atoms with E-state index in [1.165, 1.54) is 22.3 Å². The van der Waals surface area contributed by atoms with Crippen LogP contribution in [0.4, 0.5) is 0 Å². The third kappa shape index (κ3) is 8.47. The summed E-state index contributed by atoms with van der Waals surface area (Å²) in [6.07, 6.45) is 12.2. The number of hydrogen-bond donors (Lipinski definition) is 0. The van der Waals surface area contributed by atoms with Crippen molar-refractivity contribution < 1.29 is 13.9 Å². The van der Waals surface area contributed by atoms with E-state index in [0.29, 0.717) is 5.92 Å². The highest BCUT2D eigenvalue weighted by Gasteiger charge is 2.21. The largest absolute Gasteiger partial charge is 0.494 e. The van der Waals surface area contributed by atoms with Crippen molar-refractivity contribution in [3.05, 3.63) is 78.4 Å². The normalized spacial score (nSPS) is 12.2. The average Bonchev–Trinajstić information content (AvgIpc) is 2.80. The molecule has 0 unspecified atom stereocenters. The monoisotopic (exact) mass is 488 g/mol. The molecule has 0 radical (unpaired) electrons. The van der Waals surface area contributed by atoms with Crippen LogP contribution in [0.25, 0.3) is 11.1 Å². The molecule has 0 saturated heterocycles. The molecule has 0 saturated carbocycles. The van der Waals surface area contributed by atoms with E-state index in [2.05, 4.69) is 132 Å². The van der Waals surface area contributed by atoms with Crippen LogP contribution >= 0.6 is 0 Å². The Morgan fingerprint density at radius 2 is 1.17 bits per heavy atom. The molecule has 0 aliphatic heterocycles. The van der Waals surface area contributed by atoms with E-state index in [4.69, 9.17) is 4.74 Å². The Morgan fingerprint density at radius 3 is 1.64 bits per heavy atom. The van der Waals surface area contributed by atoms with Crippen molar-refractivity contribution >= 4 is 0 Å². The third-order valence-electron chi connectivity index (χ3n) is 6.66. The fourth-order valence-corrected chi connectivity index (χ4v) is 4.30. The molecule has 3 nitrogen and oxygen atoms in total. The maximum Gasteiger partial charge on any atom is 0.169 e. The minimum atomic E-state index is 0.113. The van der Waals surface area contributed by atoms with E-state index in [1.54, 1.807) is 0 Å². The lowest BCUT2D eigenvalue weighted by atomic mass is 9.80. The summed E-state index contributed by atoms with van der Waals surface area (Å²) in [7, 11) is 0. The molecule has 3 aromatic rings. The Balaban J connectivity index is 1.45. The first-order chi connectivity index (χ1) is 16.9. The first-order valence-corrected chi connectivity index (χ1v) is 13.7. The van der Waals surface area contributed by atoms with E-state index >= 15 is 0 Å². The van der Waals surface area contributed by atoms with Crippen LogP contribution < -0.4 is 13.9 Å². The molecule has 0 N–H and O–H groups in total. The van der Waals surface area contributed by atoms with Gasteiger partial charge in [-0.25, -0.2) is 9.13 Å². The predicted molar refractivity (Wildman–Crippen MR) is 150 cm³/mol. The number of benzene rings is 1. The van der Waals surface area contributed by atoms with Crippen LogP contribution in [-0.2, 0) is 23.9 Å². The molecule has 0 spiro atoms. The standard InChI is InChI=1S/C33H48N2O/c1-26(2)25-35-19-14-28(15-20-35)27-12-17-34(18-13-27)16-10-9-11-21-36-31-23-29(32(3,4)5)22-30(24-31)33(6,7)8/h12-15,17-20,22-24,26H,9-11,16,21,25H2,1-8H3/q+2. The van der Waals surface area contributed by atoms with Crippen molar-refractivity contribution in [2.75, 3.05) is 6.61 Å². The average molecular weight is 489 g/mol. The Morgan fingerprint density at radius 1 is 0.667 bits per heavy atom. The number of rotatable bonds is 10. The number of unbranched alkanes of at least 4 members (excludes halogenated alkanes) is 2. The highest BCUT2D eigenvalue weighted by atomic mass is 16.5. The fraction of sp³-hybridized carbons (Fsp3) is 0.515. The second kappa shape index (κ2) is 12.0. The molecule has 0 amide bonds. The van der Waals surface area contributed by atoms with Gasteiger partial charge in [0, 0.05) is 36.6 Å². The zero-order valence-corrected chi connectivity index (χ0v) is 24.0. The van der Waals surface area contributed by atoms with Gasteiger partial charge in [-0.3, -0.25) is 0 Å².